The van der Waals surface area contributed by atoms with Crippen LogP contribution in [0.25, 0.3) is 0 Å². The summed E-state index contributed by atoms with van der Waals surface area (Å²) in [5, 5.41) is 0. The number of rotatable bonds is 3. The minimum atomic E-state index is 0.668. The maximum Gasteiger partial charge on any atom is 0.0367 e. The normalized spacial score (nSPS) is 18.2. The number of nitrogens with zero attached hydrogens (tertiary/aromatic N) is 2. The first-order valence-corrected chi connectivity index (χ1v) is 6.51. The van der Waals surface area contributed by atoms with E-state index in [0.29, 0.717) is 6.04 Å². The second-order valence-corrected chi connectivity index (χ2v) is 4.87. The van der Waals surface area contributed by atoms with E-state index in [0.717, 1.165) is 5.69 Å². The largest absolute Gasteiger partial charge is 0.399 e. The predicted molar refractivity (Wildman–Crippen MR) is 74.4 cm³/mol. The van der Waals surface area contributed by atoms with Crippen LogP contribution >= 0.6 is 0 Å². The van der Waals surface area contributed by atoms with Crippen LogP contribution in [0.4, 0.5) is 11.4 Å². The molecule has 3 heteroatoms. The van der Waals surface area contributed by atoms with Crippen LogP contribution in [0.15, 0.2) is 24.3 Å². The van der Waals surface area contributed by atoms with Gasteiger partial charge in [0.05, 0.1) is 0 Å². The molecule has 1 aliphatic rings. The molecule has 1 aromatic carbocycles. The third kappa shape index (κ3) is 2.91. The van der Waals surface area contributed by atoms with Crippen LogP contribution in [-0.4, -0.2) is 37.6 Å². The average Bonchev–Trinajstić information content (AvgIpc) is 2.39. The molecule has 0 aliphatic carbocycles. The number of anilines is 2. The van der Waals surface area contributed by atoms with Crippen LogP contribution in [0.1, 0.15) is 19.8 Å². The van der Waals surface area contributed by atoms with E-state index in [1.807, 2.05) is 12.1 Å². The Labute approximate surface area is 104 Å². The zero-order valence-electron chi connectivity index (χ0n) is 10.9. The number of nitrogens with two attached hydrogens (primary N) is 1. The monoisotopic (exact) mass is 233 g/mol. The van der Waals surface area contributed by atoms with Gasteiger partial charge in [0, 0.05) is 37.6 Å². The summed E-state index contributed by atoms with van der Waals surface area (Å²) in [5.74, 6) is 0. The summed E-state index contributed by atoms with van der Waals surface area (Å²) in [5.41, 5.74) is 7.82. The molecule has 3 nitrogen and oxygen atoms in total. The van der Waals surface area contributed by atoms with Crippen LogP contribution in [0.5, 0.6) is 0 Å². The molecule has 0 saturated carbocycles. The topological polar surface area (TPSA) is 32.5 Å². The van der Waals surface area contributed by atoms with Crippen molar-refractivity contribution in [1.82, 2.24) is 4.90 Å². The van der Waals surface area contributed by atoms with E-state index in [9.17, 15) is 0 Å². The Bertz CT molecular complexity index is 339. The van der Waals surface area contributed by atoms with E-state index in [1.165, 1.54) is 38.2 Å². The van der Waals surface area contributed by atoms with Crippen LogP contribution in [0.3, 0.4) is 0 Å². The molecule has 94 valence electrons. The van der Waals surface area contributed by atoms with Gasteiger partial charge in [-0.1, -0.05) is 6.92 Å². The number of hydrogen-bond donors (Lipinski definition) is 1. The van der Waals surface area contributed by atoms with Gasteiger partial charge < -0.3 is 15.5 Å². The molecule has 1 heterocycles. The van der Waals surface area contributed by atoms with Gasteiger partial charge in [-0.15, -0.1) is 0 Å². The second-order valence-electron chi connectivity index (χ2n) is 4.87. The lowest BCUT2D eigenvalue weighted by atomic mass is 10.0. The Balaban J connectivity index is 1.96. The number of nitrogen functional groups attached to an aromatic ring is 1. The fraction of sp³-hybridized carbons (Fsp3) is 0.571. The van der Waals surface area contributed by atoms with E-state index in [1.54, 1.807) is 0 Å². The van der Waals surface area contributed by atoms with Crippen molar-refractivity contribution < 1.29 is 0 Å². The average molecular weight is 233 g/mol. The van der Waals surface area contributed by atoms with Crippen molar-refractivity contribution in [3.63, 3.8) is 0 Å². The molecular formula is C14H23N3. The lowest BCUT2D eigenvalue weighted by Gasteiger charge is -2.37. The molecule has 0 radical (unpaired) electrons. The van der Waals surface area contributed by atoms with E-state index >= 15 is 0 Å². The van der Waals surface area contributed by atoms with Crippen molar-refractivity contribution in [2.24, 2.45) is 0 Å². The quantitative estimate of drug-likeness (QED) is 0.812. The maximum atomic E-state index is 5.72. The highest BCUT2D eigenvalue weighted by Gasteiger charge is 2.21. The predicted octanol–water partition coefficient (Wildman–Crippen LogP) is 2.19. The van der Waals surface area contributed by atoms with E-state index < -0.39 is 0 Å². The number of hydrogen-bond acceptors (Lipinski definition) is 3. The van der Waals surface area contributed by atoms with Gasteiger partial charge in [0.2, 0.25) is 0 Å². The summed E-state index contributed by atoms with van der Waals surface area (Å²) in [6, 6.07) is 8.85. The van der Waals surface area contributed by atoms with Gasteiger partial charge in [0.15, 0.2) is 0 Å². The standard InChI is InChI=1S/C14H23N3/c1-3-17-10-8-14(9-11-17)16(2)13-6-4-12(15)5-7-13/h4-7,14H,3,8-11,15H2,1-2H3. The number of piperidine rings is 1. The Morgan fingerprint density at radius 1 is 1.24 bits per heavy atom. The lowest BCUT2D eigenvalue weighted by Crippen LogP contribution is -2.43. The van der Waals surface area contributed by atoms with Gasteiger partial charge in [0.1, 0.15) is 0 Å². The first-order chi connectivity index (χ1) is 8.20. The van der Waals surface area contributed by atoms with Gasteiger partial charge in [-0.2, -0.15) is 0 Å². The van der Waals surface area contributed by atoms with Crippen molar-refractivity contribution in [3.8, 4) is 0 Å². The number of likely N-dealkylation sites (tertiary alicyclic amines) is 1. The molecule has 17 heavy (non-hydrogen) atoms. The van der Waals surface area contributed by atoms with Gasteiger partial charge in [-0.05, 0) is 43.7 Å². The molecule has 2 rings (SSSR count). The minimum Gasteiger partial charge on any atom is -0.399 e. The maximum absolute atomic E-state index is 5.72. The zero-order chi connectivity index (χ0) is 12.3. The zero-order valence-corrected chi connectivity index (χ0v) is 10.9. The molecule has 2 N–H and O–H groups in total. The summed E-state index contributed by atoms with van der Waals surface area (Å²) in [4.78, 5) is 4.92. The fourth-order valence-electron chi connectivity index (χ4n) is 2.54. The molecule has 1 fully saturated rings. The van der Waals surface area contributed by atoms with Gasteiger partial charge in [-0.3, -0.25) is 0 Å². The molecule has 0 atom stereocenters. The van der Waals surface area contributed by atoms with E-state index in [-0.39, 0.29) is 0 Å². The van der Waals surface area contributed by atoms with Crippen molar-refractivity contribution in [2.45, 2.75) is 25.8 Å². The van der Waals surface area contributed by atoms with Crippen LogP contribution < -0.4 is 10.6 Å². The summed E-state index contributed by atoms with van der Waals surface area (Å²) in [6.07, 6.45) is 2.52. The van der Waals surface area contributed by atoms with E-state index in [2.05, 4.69) is 35.9 Å². The summed E-state index contributed by atoms with van der Waals surface area (Å²) in [7, 11) is 2.19. The van der Waals surface area contributed by atoms with Crippen LogP contribution in [0, 0.1) is 0 Å². The Kier molecular flexibility index (Phi) is 3.89. The van der Waals surface area contributed by atoms with Crippen LogP contribution in [-0.2, 0) is 0 Å². The molecule has 0 spiro atoms. The van der Waals surface area contributed by atoms with Crippen molar-refractivity contribution in [3.05, 3.63) is 24.3 Å². The molecule has 1 aromatic rings. The first kappa shape index (κ1) is 12.2. The van der Waals surface area contributed by atoms with Crippen molar-refractivity contribution >= 4 is 11.4 Å². The first-order valence-electron chi connectivity index (χ1n) is 6.51. The summed E-state index contributed by atoms with van der Waals surface area (Å²) < 4.78 is 0. The number of benzene rings is 1. The molecule has 0 unspecified atom stereocenters. The Morgan fingerprint density at radius 3 is 2.35 bits per heavy atom. The van der Waals surface area contributed by atoms with Gasteiger partial charge in [0.25, 0.3) is 0 Å². The van der Waals surface area contributed by atoms with E-state index in [4.69, 9.17) is 5.73 Å². The van der Waals surface area contributed by atoms with Gasteiger partial charge in [-0.25, -0.2) is 0 Å². The van der Waals surface area contributed by atoms with Crippen LogP contribution in [0.2, 0.25) is 0 Å². The highest BCUT2D eigenvalue weighted by molar-refractivity contribution is 5.53. The Morgan fingerprint density at radius 2 is 1.82 bits per heavy atom. The Hall–Kier alpha value is -1.22. The fourth-order valence-corrected chi connectivity index (χ4v) is 2.54. The molecular weight excluding hydrogens is 210 g/mol. The summed E-state index contributed by atoms with van der Waals surface area (Å²) in [6.45, 7) is 5.86. The van der Waals surface area contributed by atoms with Crippen molar-refractivity contribution in [1.29, 1.82) is 0 Å². The molecule has 0 aromatic heterocycles. The second kappa shape index (κ2) is 5.41. The molecule has 1 aliphatic heterocycles. The molecule has 1 saturated heterocycles. The SMILES string of the molecule is CCN1CCC(N(C)c2ccc(N)cc2)CC1. The summed E-state index contributed by atoms with van der Waals surface area (Å²) >= 11 is 0. The third-order valence-corrected chi connectivity index (χ3v) is 3.85. The van der Waals surface area contributed by atoms with Crippen molar-refractivity contribution in [2.75, 3.05) is 37.3 Å². The lowest BCUT2D eigenvalue weighted by molar-refractivity contribution is 0.221. The minimum absolute atomic E-state index is 0.668. The highest BCUT2D eigenvalue weighted by atomic mass is 15.2. The molecule has 0 bridgehead atoms. The third-order valence-electron chi connectivity index (χ3n) is 3.85. The van der Waals surface area contributed by atoms with Gasteiger partial charge >= 0.3 is 0 Å². The molecule has 0 amide bonds. The highest BCUT2D eigenvalue weighted by Crippen LogP contribution is 2.22. The smallest absolute Gasteiger partial charge is 0.0367 e.